The molecular formula is C21H32N4O. The molecule has 5 nitrogen and oxygen atoms in total. The zero-order chi connectivity index (χ0) is 18.2. The maximum absolute atomic E-state index is 5.54. The van der Waals surface area contributed by atoms with Gasteiger partial charge in [0, 0.05) is 44.6 Å². The highest BCUT2D eigenvalue weighted by Gasteiger charge is 2.26. The molecule has 0 spiro atoms. The van der Waals surface area contributed by atoms with Crippen molar-refractivity contribution in [1.29, 1.82) is 0 Å². The number of nitrogens with zero attached hydrogens (tertiary/aromatic N) is 3. The van der Waals surface area contributed by atoms with Crippen molar-refractivity contribution >= 4 is 0 Å². The Labute approximate surface area is 157 Å². The van der Waals surface area contributed by atoms with Crippen LogP contribution in [-0.4, -0.2) is 53.6 Å². The molecule has 0 saturated carbocycles. The molecule has 2 heterocycles. The molecule has 0 aliphatic carbocycles. The number of ether oxygens (including phenoxy) is 1. The lowest BCUT2D eigenvalue weighted by Crippen LogP contribution is -2.51. The molecule has 1 aliphatic heterocycles. The highest BCUT2D eigenvalue weighted by Crippen LogP contribution is 2.20. The summed E-state index contributed by atoms with van der Waals surface area (Å²) in [6.07, 6.45) is 6.24. The topological polar surface area (TPSA) is 42.3 Å². The van der Waals surface area contributed by atoms with Gasteiger partial charge in [-0.1, -0.05) is 38.8 Å². The monoisotopic (exact) mass is 356 g/mol. The molecular weight excluding hydrogens is 324 g/mol. The van der Waals surface area contributed by atoms with E-state index in [1.807, 2.05) is 16.9 Å². The van der Waals surface area contributed by atoms with Crippen LogP contribution in [0.3, 0.4) is 0 Å². The van der Waals surface area contributed by atoms with Crippen molar-refractivity contribution in [1.82, 2.24) is 20.0 Å². The molecule has 0 bridgehead atoms. The van der Waals surface area contributed by atoms with Crippen LogP contribution in [0.25, 0.3) is 5.69 Å². The van der Waals surface area contributed by atoms with Crippen molar-refractivity contribution in [3.63, 3.8) is 0 Å². The van der Waals surface area contributed by atoms with Crippen LogP contribution in [0.15, 0.2) is 42.7 Å². The summed E-state index contributed by atoms with van der Waals surface area (Å²) in [4.78, 5) is 2.62. The third kappa shape index (κ3) is 4.93. The summed E-state index contributed by atoms with van der Waals surface area (Å²) in [6, 6.07) is 11.2. The molecule has 3 rings (SSSR count). The summed E-state index contributed by atoms with van der Waals surface area (Å²) in [6.45, 7) is 10.4. The molecule has 1 N–H and O–H groups in total. The van der Waals surface area contributed by atoms with Crippen molar-refractivity contribution < 1.29 is 4.74 Å². The summed E-state index contributed by atoms with van der Waals surface area (Å²) < 4.78 is 7.43. The molecule has 1 saturated heterocycles. The summed E-state index contributed by atoms with van der Waals surface area (Å²) in [7, 11) is 0. The summed E-state index contributed by atoms with van der Waals surface area (Å²) in [5.41, 5.74) is 2.41. The highest BCUT2D eigenvalue weighted by atomic mass is 16.5. The van der Waals surface area contributed by atoms with Crippen LogP contribution in [0.4, 0.5) is 0 Å². The van der Waals surface area contributed by atoms with E-state index in [0.29, 0.717) is 6.04 Å². The Kier molecular flexibility index (Phi) is 7.23. The Morgan fingerprint density at radius 2 is 1.85 bits per heavy atom. The standard InChI is InChI=1S/C21H32N4O/c1-3-19(4-2)21(24-12-14-26-15-13-24)17-22-16-18-6-8-20(9-7-18)25-11-5-10-23-25/h5-11,19,21-22H,3-4,12-17H2,1-2H3/t21-/m1/s1. The van der Waals surface area contributed by atoms with Gasteiger partial charge in [-0.25, -0.2) is 4.68 Å². The Morgan fingerprint density at radius 1 is 1.12 bits per heavy atom. The molecule has 0 amide bonds. The van der Waals surface area contributed by atoms with E-state index in [2.05, 4.69) is 53.4 Å². The summed E-state index contributed by atoms with van der Waals surface area (Å²) >= 11 is 0. The second kappa shape index (κ2) is 9.86. The number of aromatic nitrogens is 2. The zero-order valence-corrected chi connectivity index (χ0v) is 16.1. The van der Waals surface area contributed by atoms with Crippen LogP contribution >= 0.6 is 0 Å². The number of hydrogen-bond acceptors (Lipinski definition) is 4. The Bertz CT molecular complexity index is 616. The van der Waals surface area contributed by atoms with E-state index in [1.165, 1.54) is 18.4 Å². The van der Waals surface area contributed by atoms with Gasteiger partial charge in [0.25, 0.3) is 0 Å². The fourth-order valence-corrected chi connectivity index (χ4v) is 3.89. The van der Waals surface area contributed by atoms with Crippen LogP contribution in [0.2, 0.25) is 0 Å². The zero-order valence-electron chi connectivity index (χ0n) is 16.1. The van der Waals surface area contributed by atoms with Crippen LogP contribution in [0.1, 0.15) is 32.3 Å². The van der Waals surface area contributed by atoms with E-state index in [9.17, 15) is 0 Å². The Hall–Kier alpha value is -1.69. The molecule has 0 radical (unpaired) electrons. The lowest BCUT2D eigenvalue weighted by atomic mass is 9.92. The fraction of sp³-hybridized carbons (Fsp3) is 0.571. The molecule has 0 unspecified atom stereocenters. The van der Waals surface area contributed by atoms with Crippen LogP contribution < -0.4 is 5.32 Å². The van der Waals surface area contributed by atoms with Gasteiger partial charge >= 0.3 is 0 Å². The maximum atomic E-state index is 5.54. The molecule has 1 aliphatic rings. The number of nitrogens with one attached hydrogen (secondary N) is 1. The van der Waals surface area contributed by atoms with Gasteiger partial charge in [0.2, 0.25) is 0 Å². The molecule has 1 aromatic heterocycles. The number of benzene rings is 1. The quantitative estimate of drug-likeness (QED) is 0.750. The van der Waals surface area contributed by atoms with Gasteiger partial charge in [0.15, 0.2) is 0 Å². The third-order valence-corrected chi connectivity index (χ3v) is 5.50. The summed E-state index contributed by atoms with van der Waals surface area (Å²) in [5.74, 6) is 0.739. The average Bonchev–Trinajstić information content (AvgIpc) is 3.23. The molecule has 142 valence electrons. The van der Waals surface area contributed by atoms with Crippen molar-refractivity contribution in [3.05, 3.63) is 48.3 Å². The molecule has 1 atom stereocenters. The van der Waals surface area contributed by atoms with Crippen LogP contribution in [-0.2, 0) is 11.3 Å². The van der Waals surface area contributed by atoms with E-state index >= 15 is 0 Å². The van der Waals surface area contributed by atoms with Crippen molar-refractivity contribution in [2.45, 2.75) is 39.3 Å². The minimum absolute atomic E-state index is 0.595. The SMILES string of the molecule is CCC(CC)[C@@H](CNCc1ccc(-n2cccn2)cc1)N1CCOCC1. The smallest absolute Gasteiger partial charge is 0.0645 e. The second-order valence-corrected chi connectivity index (χ2v) is 7.04. The predicted molar refractivity (Wildman–Crippen MR) is 106 cm³/mol. The second-order valence-electron chi connectivity index (χ2n) is 7.04. The van der Waals surface area contributed by atoms with E-state index < -0.39 is 0 Å². The van der Waals surface area contributed by atoms with Gasteiger partial charge in [-0.3, -0.25) is 4.90 Å². The van der Waals surface area contributed by atoms with E-state index in [-0.39, 0.29) is 0 Å². The van der Waals surface area contributed by atoms with Gasteiger partial charge < -0.3 is 10.1 Å². The van der Waals surface area contributed by atoms with Crippen LogP contribution in [0, 0.1) is 5.92 Å². The molecule has 1 aromatic carbocycles. The molecule has 5 heteroatoms. The first-order valence-electron chi connectivity index (χ1n) is 9.93. The van der Waals surface area contributed by atoms with Gasteiger partial charge in [0.05, 0.1) is 18.9 Å². The van der Waals surface area contributed by atoms with Gasteiger partial charge in [-0.05, 0) is 29.7 Å². The normalized spacial score (nSPS) is 16.9. The fourth-order valence-electron chi connectivity index (χ4n) is 3.89. The van der Waals surface area contributed by atoms with Crippen LogP contribution in [0.5, 0.6) is 0 Å². The summed E-state index contributed by atoms with van der Waals surface area (Å²) in [5, 5.41) is 7.97. The third-order valence-electron chi connectivity index (χ3n) is 5.50. The average molecular weight is 357 g/mol. The predicted octanol–water partition coefficient (Wildman–Crippen LogP) is 3.10. The maximum Gasteiger partial charge on any atom is 0.0645 e. The Balaban J connectivity index is 1.55. The lowest BCUT2D eigenvalue weighted by Gasteiger charge is -2.39. The van der Waals surface area contributed by atoms with Gasteiger partial charge in [-0.2, -0.15) is 5.10 Å². The Morgan fingerprint density at radius 3 is 2.46 bits per heavy atom. The van der Waals surface area contributed by atoms with Gasteiger partial charge in [0.1, 0.15) is 0 Å². The molecule has 2 aromatic rings. The minimum Gasteiger partial charge on any atom is -0.379 e. The van der Waals surface area contributed by atoms with Crippen molar-refractivity contribution in [2.75, 3.05) is 32.8 Å². The first-order chi connectivity index (χ1) is 12.8. The minimum atomic E-state index is 0.595. The first kappa shape index (κ1) is 19.1. The lowest BCUT2D eigenvalue weighted by molar-refractivity contribution is 0.00161. The molecule has 1 fully saturated rings. The van der Waals surface area contributed by atoms with E-state index in [1.54, 1.807) is 6.20 Å². The van der Waals surface area contributed by atoms with E-state index in [4.69, 9.17) is 4.74 Å². The number of morpholine rings is 1. The largest absolute Gasteiger partial charge is 0.379 e. The van der Waals surface area contributed by atoms with Gasteiger partial charge in [-0.15, -0.1) is 0 Å². The highest BCUT2D eigenvalue weighted by molar-refractivity contribution is 5.33. The van der Waals surface area contributed by atoms with Crippen molar-refractivity contribution in [2.24, 2.45) is 5.92 Å². The number of rotatable bonds is 9. The number of hydrogen-bond donors (Lipinski definition) is 1. The first-order valence-corrected chi connectivity index (χ1v) is 9.93. The molecule has 26 heavy (non-hydrogen) atoms. The van der Waals surface area contributed by atoms with E-state index in [0.717, 1.165) is 51.0 Å². The van der Waals surface area contributed by atoms with Crippen molar-refractivity contribution in [3.8, 4) is 5.69 Å².